The Morgan fingerprint density at radius 3 is 2.14 bits per heavy atom. The summed E-state index contributed by atoms with van der Waals surface area (Å²) in [6.45, 7) is 17.4. The van der Waals surface area contributed by atoms with Crippen LogP contribution in [0.25, 0.3) is 0 Å². The first kappa shape index (κ1) is 39.4. The SMILES string of the molecule is CNC(=O)C(CC(C)(C)Cc1ccccc1)C(C)(C)SC(=S)SCCO[C](C)([In])C(=O)[C@H](C)OC(=O)[C@@H](C)OC(C)C. The number of nitrogens with one attached hydrogen (secondary N) is 1. The Balaban J connectivity index is 2.68. The van der Waals surface area contributed by atoms with E-state index < -0.39 is 26.3 Å². The number of hydrogen-bond acceptors (Lipinski definition) is 9. The average Bonchev–Trinajstić information content (AvgIpc) is 2.88. The summed E-state index contributed by atoms with van der Waals surface area (Å²) in [6, 6.07) is 10.3. The fraction of sp³-hybridized carbons (Fsp3) is 0.677. The monoisotopic (exact) mass is 741 g/mol. The zero-order chi connectivity index (χ0) is 32.3. The van der Waals surface area contributed by atoms with E-state index in [4.69, 9.17) is 26.4 Å². The molecule has 0 fully saturated rings. The molecule has 1 rings (SSSR count). The Bertz CT molecular complexity index is 1050. The summed E-state index contributed by atoms with van der Waals surface area (Å²) >= 11 is 9.22. The molecule has 0 aliphatic rings. The summed E-state index contributed by atoms with van der Waals surface area (Å²) in [5, 5.41) is 2.86. The number of rotatable bonds is 17. The van der Waals surface area contributed by atoms with Gasteiger partial charge in [-0.3, -0.25) is 0 Å². The Kier molecular flexibility index (Phi) is 16.7. The van der Waals surface area contributed by atoms with Crippen LogP contribution < -0.4 is 5.32 Å². The predicted octanol–water partition coefficient (Wildman–Crippen LogP) is 5.75. The van der Waals surface area contributed by atoms with E-state index in [0.717, 1.165) is 9.95 Å². The van der Waals surface area contributed by atoms with Crippen LogP contribution in [0.5, 0.6) is 0 Å². The molecule has 0 aliphatic carbocycles. The summed E-state index contributed by atoms with van der Waals surface area (Å²) in [5.41, 5.74) is 1.16. The van der Waals surface area contributed by atoms with Crippen molar-refractivity contribution in [2.45, 2.75) is 102 Å². The molecule has 0 aliphatic heterocycles. The van der Waals surface area contributed by atoms with Crippen molar-refractivity contribution < 1.29 is 28.6 Å². The summed E-state index contributed by atoms with van der Waals surface area (Å²) in [6.07, 6.45) is -0.229. The van der Waals surface area contributed by atoms with Crippen LogP contribution in [-0.2, 0) is 35.0 Å². The summed E-state index contributed by atoms with van der Waals surface area (Å²) in [7, 11) is 1.68. The van der Waals surface area contributed by atoms with Crippen LogP contribution in [0.15, 0.2) is 30.3 Å². The van der Waals surface area contributed by atoms with Crippen LogP contribution in [-0.4, -0.2) is 91.4 Å². The molecule has 0 spiro atoms. The van der Waals surface area contributed by atoms with E-state index in [0.29, 0.717) is 43.2 Å². The molecule has 0 saturated heterocycles. The Morgan fingerprint density at radius 1 is 1.00 bits per heavy atom. The molecule has 2 unspecified atom stereocenters. The van der Waals surface area contributed by atoms with Gasteiger partial charge in [-0.15, -0.1) is 0 Å². The van der Waals surface area contributed by atoms with Crippen molar-refractivity contribution in [3.05, 3.63) is 35.9 Å². The molecule has 4 atom stereocenters. The van der Waals surface area contributed by atoms with Gasteiger partial charge in [0.1, 0.15) is 0 Å². The fourth-order valence-corrected chi connectivity index (χ4v) is 8.68. The van der Waals surface area contributed by atoms with Crippen molar-refractivity contribution in [1.29, 1.82) is 0 Å². The van der Waals surface area contributed by atoms with Gasteiger partial charge in [0.25, 0.3) is 0 Å². The number of hydrogen-bond donors (Lipinski definition) is 1. The zero-order valence-electron chi connectivity index (χ0n) is 26.8. The van der Waals surface area contributed by atoms with E-state index in [1.54, 1.807) is 27.8 Å². The van der Waals surface area contributed by atoms with Crippen molar-refractivity contribution in [1.82, 2.24) is 5.32 Å². The van der Waals surface area contributed by atoms with Gasteiger partial charge in [-0.1, -0.05) is 30.3 Å². The number of thiocarbonyl (C=S) groups is 1. The van der Waals surface area contributed by atoms with Crippen molar-refractivity contribution in [2.75, 3.05) is 19.4 Å². The topological polar surface area (TPSA) is 90.9 Å². The first-order valence-corrected chi connectivity index (χ1v) is 18.1. The van der Waals surface area contributed by atoms with E-state index in [1.165, 1.54) is 29.1 Å². The third kappa shape index (κ3) is 14.0. The molecule has 234 valence electrons. The van der Waals surface area contributed by atoms with Crippen LogP contribution >= 0.6 is 35.7 Å². The maximum atomic E-state index is 13.0. The quantitative estimate of drug-likeness (QED) is 0.122. The van der Waals surface area contributed by atoms with Gasteiger partial charge in [-0.25, -0.2) is 0 Å². The number of esters is 1. The molecular weight excluding hydrogens is 693 g/mol. The van der Waals surface area contributed by atoms with Crippen LogP contribution in [0.2, 0.25) is 0 Å². The zero-order valence-corrected chi connectivity index (χ0v) is 32.5. The summed E-state index contributed by atoms with van der Waals surface area (Å²) < 4.78 is 16.0. The molecule has 42 heavy (non-hydrogen) atoms. The van der Waals surface area contributed by atoms with E-state index in [2.05, 4.69) is 45.1 Å². The molecule has 0 aromatic heterocycles. The van der Waals surface area contributed by atoms with Crippen LogP contribution in [0.1, 0.15) is 74.3 Å². The van der Waals surface area contributed by atoms with Crippen LogP contribution in [0, 0.1) is 11.3 Å². The molecule has 1 aromatic rings. The number of carbonyl (C=O) groups is 3. The van der Waals surface area contributed by atoms with E-state index >= 15 is 0 Å². The van der Waals surface area contributed by atoms with E-state index in [-0.39, 0.29) is 29.1 Å². The molecule has 0 bridgehead atoms. The van der Waals surface area contributed by atoms with Gasteiger partial charge in [-0.05, 0) is 5.56 Å². The van der Waals surface area contributed by atoms with E-state index in [9.17, 15) is 14.4 Å². The van der Waals surface area contributed by atoms with Crippen molar-refractivity contribution in [3.63, 3.8) is 0 Å². The third-order valence-corrected chi connectivity index (χ3v) is 10.8. The van der Waals surface area contributed by atoms with Crippen molar-refractivity contribution in [3.8, 4) is 0 Å². The van der Waals surface area contributed by atoms with Gasteiger partial charge in [-0.2, -0.15) is 0 Å². The van der Waals surface area contributed by atoms with Gasteiger partial charge in [0.15, 0.2) is 0 Å². The molecule has 7 nitrogen and oxygen atoms in total. The Labute approximate surface area is 281 Å². The predicted molar refractivity (Wildman–Crippen MR) is 179 cm³/mol. The van der Waals surface area contributed by atoms with E-state index in [1.807, 2.05) is 32.0 Å². The van der Waals surface area contributed by atoms with Gasteiger partial charge in [0.2, 0.25) is 0 Å². The maximum absolute atomic E-state index is 13.0. The molecular formula is C31H48InNO6S3. The van der Waals surface area contributed by atoms with Gasteiger partial charge < -0.3 is 0 Å². The molecule has 11 heteroatoms. The molecule has 0 heterocycles. The van der Waals surface area contributed by atoms with Gasteiger partial charge in [0, 0.05) is 0 Å². The average molecular weight is 742 g/mol. The number of amides is 1. The fourth-order valence-electron chi connectivity index (χ4n) is 4.56. The number of carbonyl (C=O) groups excluding carboxylic acids is 3. The molecule has 1 N–H and O–H groups in total. The number of thioether (sulfide) groups is 2. The third-order valence-electron chi connectivity index (χ3n) is 6.70. The second-order valence-electron chi connectivity index (χ2n) is 12.2. The minimum atomic E-state index is -1.02. The molecule has 2 radical (unpaired) electrons. The van der Waals surface area contributed by atoms with Crippen LogP contribution in [0.3, 0.4) is 0 Å². The minimum absolute atomic E-state index is 0.00894. The first-order valence-electron chi connectivity index (χ1n) is 14.3. The number of ketones is 1. The normalized spacial score (nSPS) is 15.8. The second kappa shape index (κ2) is 17.8. The van der Waals surface area contributed by atoms with Crippen LogP contribution in [0.4, 0.5) is 0 Å². The summed E-state index contributed by atoms with van der Waals surface area (Å²) in [5.74, 6) is -0.524. The first-order chi connectivity index (χ1) is 19.3. The van der Waals surface area contributed by atoms with Crippen molar-refractivity contribution >= 4 is 81.3 Å². The molecule has 1 aromatic carbocycles. The molecule has 1 amide bonds. The van der Waals surface area contributed by atoms with Gasteiger partial charge in [0.05, 0.1) is 0 Å². The standard InChI is InChI=1S/C31H48NO6S3.In/c1-20(2)37-23(5)28(35)38-22(4)26(33)21(3)36-16-17-40-29(39)41-31(8,9)25(27(34)32-10)19-30(6,7)18-24-14-12-11-13-15-24;/h11-15,20,22-23,25H,16-19H2,1-10H3,(H,32,34);/t22-,23+,25?;/m0./s1. The number of ether oxygens (including phenoxy) is 3. The number of benzene rings is 1. The second-order valence-corrected chi connectivity index (χ2v) is 19.3. The summed E-state index contributed by atoms with van der Waals surface area (Å²) in [4.78, 5) is 38.3. The Morgan fingerprint density at radius 2 is 1.60 bits per heavy atom. The van der Waals surface area contributed by atoms with Crippen molar-refractivity contribution in [2.24, 2.45) is 11.3 Å². The van der Waals surface area contributed by atoms with Gasteiger partial charge >= 0.3 is 248 Å². The Hall–Kier alpha value is -0.590. The molecule has 0 saturated carbocycles. The number of Topliss-reactive ketones (excluding diaryl/α,β-unsaturated/α-hetero) is 1.